The molecule has 0 unspecified atom stereocenters. The number of carbonyl (C=O) groups excluding carboxylic acids is 1. The van der Waals surface area contributed by atoms with Crippen LogP contribution in [0.15, 0.2) is 12.1 Å². The van der Waals surface area contributed by atoms with Crippen LogP contribution in [0.4, 0.5) is 10.9 Å². The summed E-state index contributed by atoms with van der Waals surface area (Å²) in [5, 5.41) is 3.42. The number of anilines is 2. The van der Waals surface area contributed by atoms with Crippen LogP contribution in [0.1, 0.15) is 33.5 Å². The third-order valence-electron chi connectivity index (χ3n) is 2.81. The monoisotopic (exact) mass is 291 g/mol. The van der Waals surface area contributed by atoms with Crippen molar-refractivity contribution in [2.75, 3.05) is 10.7 Å². The van der Waals surface area contributed by atoms with Gasteiger partial charge in [-0.25, -0.2) is 15.8 Å². The molecule has 0 atom stereocenters. The second-order valence-electron chi connectivity index (χ2n) is 4.36. The maximum atomic E-state index is 12.2. The van der Waals surface area contributed by atoms with E-state index in [0.29, 0.717) is 16.5 Å². The maximum Gasteiger partial charge on any atom is 0.257 e. The number of pyridine rings is 1. The molecule has 1 amide bonds. The third-order valence-corrected chi connectivity index (χ3v) is 3.74. The zero-order valence-corrected chi connectivity index (χ0v) is 12.5. The minimum absolute atomic E-state index is 0.219. The van der Waals surface area contributed by atoms with Gasteiger partial charge in [0.15, 0.2) is 5.13 Å². The molecule has 0 saturated heterocycles. The van der Waals surface area contributed by atoms with Gasteiger partial charge in [0.2, 0.25) is 0 Å². The highest BCUT2D eigenvalue weighted by atomic mass is 32.1. The summed E-state index contributed by atoms with van der Waals surface area (Å²) in [4.78, 5) is 21.9. The summed E-state index contributed by atoms with van der Waals surface area (Å²) in [5.41, 5.74) is 4.67. The number of nitrogens with one attached hydrogen (secondary N) is 2. The molecule has 2 rings (SSSR count). The Balaban J connectivity index is 2.21. The summed E-state index contributed by atoms with van der Waals surface area (Å²) in [6, 6.07) is 3.31. The molecule has 0 aromatic carbocycles. The van der Waals surface area contributed by atoms with E-state index in [-0.39, 0.29) is 5.91 Å². The first-order valence-corrected chi connectivity index (χ1v) is 7.08. The van der Waals surface area contributed by atoms with Crippen molar-refractivity contribution in [3.63, 3.8) is 0 Å². The molecule has 0 aliphatic rings. The predicted molar refractivity (Wildman–Crippen MR) is 81.0 cm³/mol. The number of hydrazine groups is 1. The SMILES string of the molecule is CCc1nc(NC(=O)c2cc(C)nc(NN)c2)sc1C. The van der Waals surface area contributed by atoms with Gasteiger partial charge in [0.1, 0.15) is 5.82 Å². The van der Waals surface area contributed by atoms with Gasteiger partial charge in [0, 0.05) is 16.1 Å². The fourth-order valence-corrected chi connectivity index (χ4v) is 2.75. The van der Waals surface area contributed by atoms with Gasteiger partial charge in [0.25, 0.3) is 5.91 Å². The lowest BCUT2D eigenvalue weighted by Crippen LogP contribution is -2.15. The third kappa shape index (κ3) is 3.12. The topological polar surface area (TPSA) is 92.9 Å². The predicted octanol–water partition coefficient (Wildman–Crippen LogP) is 2.26. The van der Waals surface area contributed by atoms with Gasteiger partial charge in [0.05, 0.1) is 5.69 Å². The molecule has 106 valence electrons. The number of nitrogen functional groups attached to an aromatic ring is 1. The van der Waals surface area contributed by atoms with Crippen molar-refractivity contribution < 1.29 is 4.79 Å². The van der Waals surface area contributed by atoms with Crippen molar-refractivity contribution in [3.8, 4) is 0 Å². The van der Waals surface area contributed by atoms with Crippen LogP contribution in [0.2, 0.25) is 0 Å². The molecule has 0 aliphatic heterocycles. The van der Waals surface area contributed by atoms with Crippen LogP contribution in [-0.2, 0) is 6.42 Å². The number of rotatable bonds is 4. The van der Waals surface area contributed by atoms with Crippen LogP contribution < -0.4 is 16.6 Å². The number of hydrogen-bond acceptors (Lipinski definition) is 6. The van der Waals surface area contributed by atoms with Crippen molar-refractivity contribution in [1.82, 2.24) is 9.97 Å². The van der Waals surface area contributed by atoms with E-state index in [9.17, 15) is 4.79 Å². The van der Waals surface area contributed by atoms with E-state index in [1.54, 1.807) is 19.1 Å². The number of nitrogens with zero attached hydrogens (tertiary/aromatic N) is 2. The summed E-state index contributed by atoms with van der Waals surface area (Å²) in [5.74, 6) is 5.57. The minimum atomic E-state index is -0.219. The van der Waals surface area contributed by atoms with Crippen LogP contribution in [0, 0.1) is 13.8 Å². The smallest absolute Gasteiger partial charge is 0.257 e. The Labute approximate surface area is 121 Å². The first kappa shape index (κ1) is 14.4. The highest BCUT2D eigenvalue weighted by Gasteiger charge is 2.12. The summed E-state index contributed by atoms with van der Waals surface area (Å²) in [6.45, 7) is 5.85. The van der Waals surface area contributed by atoms with E-state index < -0.39 is 0 Å². The molecule has 4 N–H and O–H groups in total. The largest absolute Gasteiger partial charge is 0.308 e. The highest BCUT2D eigenvalue weighted by Crippen LogP contribution is 2.23. The van der Waals surface area contributed by atoms with Crippen molar-refractivity contribution >= 4 is 28.2 Å². The van der Waals surface area contributed by atoms with E-state index in [1.807, 2.05) is 13.8 Å². The number of thiazole rings is 1. The summed E-state index contributed by atoms with van der Waals surface area (Å²) >= 11 is 1.48. The fraction of sp³-hybridized carbons (Fsp3) is 0.308. The molecule has 0 saturated carbocycles. The van der Waals surface area contributed by atoms with Crippen LogP contribution in [-0.4, -0.2) is 15.9 Å². The van der Waals surface area contributed by atoms with E-state index >= 15 is 0 Å². The Kier molecular flexibility index (Phi) is 4.31. The molecule has 2 aromatic heterocycles. The molecular weight excluding hydrogens is 274 g/mol. The average molecular weight is 291 g/mol. The Morgan fingerprint density at radius 2 is 2.10 bits per heavy atom. The quantitative estimate of drug-likeness (QED) is 0.593. The first-order valence-electron chi connectivity index (χ1n) is 6.26. The molecule has 0 aliphatic carbocycles. The van der Waals surface area contributed by atoms with E-state index in [1.165, 1.54) is 11.3 Å². The molecule has 0 bridgehead atoms. The zero-order valence-electron chi connectivity index (χ0n) is 11.7. The van der Waals surface area contributed by atoms with Crippen molar-refractivity contribution in [2.45, 2.75) is 27.2 Å². The molecule has 0 spiro atoms. The number of aromatic nitrogens is 2. The number of hydrogen-bond donors (Lipinski definition) is 3. The summed E-state index contributed by atoms with van der Waals surface area (Å²) < 4.78 is 0. The van der Waals surface area contributed by atoms with Crippen LogP contribution >= 0.6 is 11.3 Å². The van der Waals surface area contributed by atoms with Gasteiger partial charge in [-0.15, -0.1) is 11.3 Å². The number of nitrogens with two attached hydrogens (primary N) is 1. The van der Waals surface area contributed by atoms with Crippen LogP contribution in [0.3, 0.4) is 0 Å². The van der Waals surface area contributed by atoms with Gasteiger partial charge in [-0.1, -0.05) is 6.92 Å². The van der Waals surface area contributed by atoms with Gasteiger partial charge in [-0.05, 0) is 32.4 Å². The highest BCUT2D eigenvalue weighted by molar-refractivity contribution is 7.15. The second kappa shape index (κ2) is 5.98. The van der Waals surface area contributed by atoms with Gasteiger partial charge in [-0.3, -0.25) is 10.1 Å². The molecule has 2 heterocycles. The van der Waals surface area contributed by atoms with Crippen molar-refractivity contribution in [3.05, 3.63) is 34.0 Å². The van der Waals surface area contributed by atoms with Crippen molar-refractivity contribution in [2.24, 2.45) is 5.84 Å². The maximum absolute atomic E-state index is 12.2. The van der Waals surface area contributed by atoms with Crippen molar-refractivity contribution in [1.29, 1.82) is 0 Å². The molecule has 2 aromatic rings. The summed E-state index contributed by atoms with van der Waals surface area (Å²) in [7, 11) is 0. The first-order chi connectivity index (χ1) is 9.53. The van der Waals surface area contributed by atoms with Gasteiger partial charge < -0.3 is 5.43 Å². The Hall–Kier alpha value is -1.99. The number of carbonyl (C=O) groups is 1. The molecule has 20 heavy (non-hydrogen) atoms. The lowest BCUT2D eigenvalue weighted by molar-refractivity contribution is 0.102. The van der Waals surface area contributed by atoms with Crippen LogP contribution in [0.5, 0.6) is 0 Å². The normalized spacial score (nSPS) is 10.4. The van der Waals surface area contributed by atoms with Gasteiger partial charge >= 0.3 is 0 Å². The second-order valence-corrected chi connectivity index (χ2v) is 5.56. The van der Waals surface area contributed by atoms with Gasteiger partial charge in [-0.2, -0.15) is 0 Å². The number of aryl methyl sites for hydroxylation is 3. The molecule has 6 nitrogen and oxygen atoms in total. The fourth-order valence-electron chi connectivity index (χ4n) is 1.85. The standard InChI is InChI=1S/C13H17N5OS/c1-4-10-8(3)20-13(16-10)17-12(19)9-5-7(2)15-11(6-9)18-14/h5-6H,4,14H2,1-3H3,(H,15,18)(H,16,17,19). The summed E-state index contributed by atoms with van der Waals surface area (Å²) in [6.07, 6.45) is 0.855. The lowest BCUT2D eigenvalue weighted by Gasteiger charge is -2.05. The minimum Gasteiger partial charge on any atom is -0.308 e. The van der Waals surface area contributed by atoms with E-state index in [2.05, 4.69) is 20.7 Å². The molecule has 7 heteroatoms. The Morgan fingerprint density at radius 3 is 2.70 bits per heavy atom. The molecule has 0 radical (unpaired) electrons. The average Bonchev–Trinajstić information content (AvgIpc) is 2.77. The molecule has 0 fully saturated rings. The van der Waals surface area contributed by atoms with E-state index in [0.717, 1.165) is 22.7 Å². The zero-order chi connectivity index (χ0) is 14.7. The Morgan fingerprint density at radius 1 is 1.35 bits per heavy atom. The van der Waals surface area contributed by atoms with E-state index in [4.69, 9.17) is 5.84 Å². The lowest BCUT2D eigenvalue weighted by atomic mass is 10.2. The molecular formula is C13H17N5OS. The Bertz CT molecular complexity index is 638. The number of amides is 1. The van der Waals surface area contributed by atoms with Crippen LogP contribution in [0.25, 0.3) is 0 Å².